The number of amides is 1. The molecule has 1 aromatic rings. The fourth-order valence-electron chi connectivity index (χ4n) is 2.97. The molecule has 2 rings (SSSR count). The molecule has 3 nitrogen and oxygen atoms in total. The van der Waals surface area contributed by atoms with E-state index in [9.17, 15) is 4.79 Å². The quantitative estimate of drug-likeness (QED) is 0.865. The summed E-state index contributed by atoms with van der Waals surface area (Å²) >= 11 is 3.52. The van der Waals surface area contributed by atoms with Crippen molar-refractivity contribution in [3.05, 3.63) is 34.3 Å². The molecule has 0 radical (unpaired) electrons. The minimum absolute atomic E-state index is 0.197. The van der Waals surface area contributed by atoms with Crippen molar-refractivity contribution in [2.75, 3.05) is 13.1 Å². The molecular formula is C16H23BrN2O. The van der Waals surface area contributed by atoms with Gasteiger partial charge in [0.15, 0.2) is 0 Å². The number of hydrogen-bond donors (Lipinski definition) is 2. The molecule has 0 aliphatic carbocycles. The topological polar surface area (TPSA) is 41.1 Å². The van der Waals surface area contributed by atoms with Crippen LogP contribution in [0.1, 0.15) is 38.2 Å². The van der Waals surface area contributed by atoms with Gasteiger partial charge >= 0.3 is 0 Å². The van der Waals surface area contributed by atoms with Gasteiger partial charge in [-0.05, 0) is 37.4 Å². The van der Waals surface area contributed by atoms with Crippen LogP contribution in [0.15, 0.2) is 28.7 Å². The van der Waals surface area contributed by atoms with Crippen molar-refractivity contribution < 1.29 is 4.79 Å². The highest BCUT2D eigenvalue weighted by Gasteiger charge is 2.38. The summed E-state index contributed by atoms with van der Waals surface area (Å²) in [5.41, 5.74) is 0.908. The molecule has 1 heterocycles. The van der Waals surface area contributed by atoms with Crippen LogP contribution in [-0.4, -0.2) is 19.0 Å². The normalized spacial score (nSPS) is 22.5. The molecule has 1 aliphatic heterocycles. The lowest BCUT2D eigenvalue weighted by Gasteiger charge is -2.36. The van der Waals surface area contributed by atoms with Gasteiger partial charge in [-0.15, -0.1) is 0 Å². The van der Waals surface area contributed by atoms with Crippen LogP contribution in [0.5, 0.6) is 0 Å². The monoisotopic (exact) mass is 338 g/mol. The standard InChI is InChI=1S/C16H23BrN2O/c1-2-8-16(9-5-10-18-12-16)15(20)19-11-13-6-3-4-7-14(13)17/h3-4,6-7,18H,2,5,8-12H2,1H3,(H,19,20). The number of benzene rings is 1. The highest BCUT2D eigenvalue weighted by molar-refractivity contribution is 9.10. The predicted octanol–water partition coefficient (Wildman–Crippen LogP) is 3.24. The van der Waals surface area contributed by atoms with E-state index in [2.05, 4.69) is 33.5 Å². The molecule has 1 saturated heterocycles. The average Bonchev–Trinajstić information content (AvgIpc) is 2.47. The van der Waals surface area contributed by atoms with E-state index >= 15 is 0 Å². The molecule has 1 fully saturated rings. The first-order valence-corrected chi connectivity index (χ1v) is 8.20. The Balaban J connectivity index is 2.00. The van der Waals surface area contributed by atoms with Gasteiger partial charge in [0.2, 0.25) is 5.91 Å². The highest BCUT2D eigenvalue weighted by Crippen LogP contribution is 2.32. The van der Waals surface area contributed by atoms with E-state index in [0.717, 1.165) is 48.8 Å². The summed E-state index contributed by atoms with van der Waals surface area (Å²) < 4.78 is 1.05. The van der Waals surface area contributed by atoms with Gasteiger partial charge in [0.05, 0.1) is 5.41 Å². The lowest BCUT2D eigenvalue weighted by Crippen LogP contribution is -2.50. The Hall–Kier alpha value is -0.870. The second kappa shape index (κ2) is 7.23. The Kier molecular flexibility index (Phi) is 5.61. The van der Waals surface area contributed by atoms with Crippen molar-refractivity contribution in [2.45, 2.75) is 39.2 Å². The molecule has 1 amide bonds. The second-order valence-corrected chi connectivity index (χ2v) is 6.44. The summed E-state index contributed by atoms with van der Waals surface area (Å²) in [7, 11) is 0. The molecular weight excluding hydrogens is 316 g/mol. The molecule has 1 atom stereocenters. The molecule has 0 aromatic heterocycles. The van der Waals surface area contributed by atoms with Crippen molar-refractivity contribution >= 4 is 21.8 Å². The Morgan fingerprint density at radius 1 is 1.45 bits per heavy atom. The van der Waals surface area contributed by atoms with E-state index in [4.69, 9.17) is 0 Å². The van der Waals surface area contributed by atoms with Crippen molar-refractivity contribution in [3.8, 4) is 0 Å². The van der Waals surface area contributed by atoms with Crippen LogP contribution in [0, 0.1) is 5.41 Å². The molecule has 110 valence electrons. The van der Waals surface area contributed by atoms with Crippen LogP contribution in [0.3, 0.4) is 0 Å². The number of nitrogens with one attached hydrogen (secondary N) is 2. The van der Waals surface area contributed by atoms with Crippen LogP contribution in [0.4, 0.5) is 0 Å². The zero-order valence-corrected chi connectivity index (χ0v) is 13.6. The van der Waals surface area contributed by atoms with Gasteiger partial charge in [-0.2, -0.15) is 0 Å². The summed E-state index contributed by atoms with van der Waals surface area (Å²) in [4.78, 5) is 12.6. The van der Waals surface area contributed by atoms with E-state index in [1.165, 1.54) is 0 Å². The maximum absolute atomic E-state index is 12.6. The number of halogens is 1. The summed E-state index contributed by atoms with van der Waals surface area (Å²) in [5, 5.41) is 6.51. The summed E-state index contributed by atoms with van der Waals surface area (Å²) in [6, 6.07) is 8.02. The van der Waals surface area contributed by atoms with E-state index in [1.54, 1.807) is 0 Å². The Morgan fingerprint density at radius 3 is 2.90 bits per heavy atom. The van der Waals surface area contributed by atoms with Crippen molar-refractivity contribution in [1.82, 2.24) is 10.6 Å². The lowest BCUT2D eigenvalue weighted by atomic mass is 9.76. The van der Waals surface area contributed by atoms with E-state index < -0.39 is 0 Å². The van der Waals surface area contributed by atoms with Gasteiger partial charge in [-0.3, -0.25) is 4.79 Å². The SMILES string of the molecule is CCCC1(C(=O)NCc2ccccc2Br)CCCNC1. The minimum Gasteiger partial charge on any atom is -0.351 e. The minimum atomic E-state index is -0.214. The summed E-state index contributed by atoms with van der Waals surface area (Å²) in [6.07, 6.45) is 4.09. The molecule has 1 unspecified atom stereocenters. The third kappa shape index (κ3) is 3.61. The highest BCUT2D eigenvalue weighted by atomic mass is 79.9. The molecule has 0 spiro atoms. The maximum atomic E-state index is 12.6. The van der Waals surface area contributed by atoms with Crippen LogP contribution < -0.4 is 10.6 Å². The van der Waals surface area contributed by atoms with Crippen LogP contribution >= 0.6 is 15.9 Å². The fraction of sp³-hybridized carbons (Fsp3) is 0.562. The second-order valence-electron chi connectivity index (χ2n) is 5.58. The van der Waals surface area contributed by atoms with Gasteiger partial charge in [0, 0.05) is 17.6 Å². The number of rotatable bonds is 5. The molecule has 2 N–H and O–H groups in total. The summed E-state index contributed by atoms with van der Waals surface area (Å²) in [5.74, 6) is 0.197. The van der Waals surface area contributed by atoms with Gasteiger partial charge in [0.25, 0.3) is 0 Å². The Morgan fingerprint density at radius 2 is 2.25 bits per heavy atom. The first-order valence-electron chi connectivity index (χ1n) is 7.40. The zero-order chi connectivity index (χ0) is 14.4. The van der Waals surface area contributed by atoms with Crippen molar-refractivity contribution in [2.24, 2.45) is 5.41 Å². The fourth-order valence-corrected chi connectivity index (χ4v) is 3.40. The Labute approximate surface area is 129 Å². The van der Waals surface area contributed by atoms with E-state index in [1.807, 2.05) is 24.3 Å². The van der Waals surface area contributed by atoms with Crippen LogP contribution in [0.25, 0.3) is 0 Å². The van der Waals surface area contributed by atoms with Crippen molar-refractivity contribution in [1.29, 1.82) is 0 Å². The van der Waals surface area contributed by atoms with Gasteiger partial charge in [-0.1, -0.05) is 47.5 Å². The molecule has 4 heteroatoms. The first-order chi connectivity index (χ1) is 9.68. The Bertz CT molecular complexity index is 450. The molecule has 1 aliphatic rings. The van der Waals surface area contributed by atoms with Crippen LogP contribution in [0.2, 0.25) is 0 Å². The van der Waals surface area contributed by atoms with Crippen LogP contribution in [-0.2, 0) is 11.3 Å². The smallest absolute Gasteiger partial charge is 0.227 e. The van der Waals surface area contributed by atoms with Gasteiger partial charge in [0.1, 0.15) is 0 Å². The molecule has 0 saturated carbocycles. The van der Waals surface area contributed by atoms with Crippen molar-refractivity contribution in [3.63, 3.8) is 0 Å². The molecule has 1 aromatic carbocycles. The molecule has 20 heavy (non-hydrogen) atoms. The summed E-state index contributed by atoms with van der Waals surface area (Å²) in [6.45, 7) is 4.58. The van der Waals surface area contributed by atoms with Gasteiger partial charge in [-0.25, -0.2) is 0 Å². The third-order valence-electron chi connectivity index (χ3n) is 4.08. The lowest BCUT2D eigenvalue weighted by molar-refractivity contribution is -0.132. The van der Waals surface area contributed by atoms with E-state index in [-0.39, 0.29) is 11.3 Å². The van der Waals surface area contributed by atoms with E-state index in [0.29, 0.717) is 6.54 Å². The third-order valence-corrected chi connectivity index (χ3v) is 4.85. The first kappa shape index (κ1) is 15.5. The molecule has 0 bridgehead atoms. The number of carbonyl (C=O) groups excluding carboxylic acids is 1. The average molecular weight is 339 g/mol. The zero-order valence-electron chi connectivity index (χ0n) is 12.0. The maximum Gasteiger partial charge on any atom is 0.227 e. The predicted molar refractivity (Wildman–Crippen MR) is 85.4 cm³/mol. The number of carbonyl (C=O) groups is 1. The number of hydrogen-bond acceptors (Lipinski definition) is 2. The van der Waals surface area contributed by atoms with Gasteiger partial charge < -0.3 is 10.6 Å². The number of piperidine rings is 1. The largest absolute Gasteiger partial charge is 0.351 e.